The van der Waals surface area contributed by atoms with Crippen molar-refractivity contribution in [3.8, 4) is 11.1 Å². The molecule has 2 aromatic rings. The summed E-state index contributed by atoms with van der Waals surface area (Å²) in [7, 11) is 0. The summed E-state index contributed by atoms with van der Waals surface area (Å²) in [5.41, 5.74) is 4.53. The average Bonchev–Trinajstić information content (AvgIpc) is 2.32. The number of pyridine rings is 1. The maximum atomic E-state index is 12.8. The first kappa shape index (κ1) is 11.8. The Bertz CT molecular complexity index is 662. The van der Waals surface area contributed by atoms with Gasteiger partial charge in [-0.15, -0.1) is 0 Å². The Morgan fingerprint density at radius 1 is 1.22 bits per heavy atom. The SMILES string of the molecule is NC(=O)c1cn(O)cc(-c2ccc(F)cc2)c1=O. The smallest absolute Gasteiger partial charge is 0.254 e. The molecule has 1 heterocycles. The van der Waals surface area contributed by atoms with Gasteiger partial charge >= 0.3 is 0 Å². The number of primary amides is 1. The van der Waals surface area contributed by atoms with Crippen LogP contribution in [0.3, 0.4) is 0 Å². The summed E-state index contributed by atoms with van der Waals surface area (Å²) in [6.07, 6.45) is 2.06. The van der Waals surface area contributed by atoms with Crippen molar-refractivity contribution in [3.05, 3.63) is 58.3 Å². The van der Waals surface area contributed by atoms with Gasteiger partial charge in [0.2, 0.25) is 5.43 Å². The molecule has 0 saturated heterocycles. The lowest BCUT2D eigenvalue weighted by Crippen LogP contribution is -2.24. The fourth-order valence-corrected chi connectivity index (χ4v) is 1.57. The van der Waals surface area contributed by atoms with Crippen LogP contribution in [-0.2, 0) is 0 Å². The lowest BCUT2D eigenvalue weighted by Gasteiger charge is -2.05. The molecular weight excluding hydrogens is 239 g/mol. The lowest BCUT2D eigenvalue weighted by atomic mass is 10.1. The number of benzene rings is 1. The van der Waals surface area contributed by atoms with Crippen molar-refractivity contribution in [3.63, 3.8) is 0 Å². The molecule has 2 rings (SSSR count). The first-order valence-electron chi connectivity index (χ1n) is 5.00. The van der Waals surface area contributed by atoms with E-state index in [9.17, 15) is 19.2 Å². The van der Waals surface area contributed by atoms with E-state index in [1.165, 1.54) is 24.3 Å². The highest BCUT2D eigenvalue weighted by Crippen LogP contribution is 2.16. The monoisotopic (exact) mass is 248 g/mol. The van der Waals surface area contributed by atoms with Gasteiger partial charge < -0.3 is 10.9 Å². The van der Waals surface area contributed by atoms with Crippen molar-refractivity contribution in [1.29, 1.82) is 0 Å². The maximum Gasteiger partial charge on any atom is 0.254 e. The van der Waals surface area contributed by atoms with E-state index in [0.717, 1.165) is 12.4 Å². The van der Waals surface area contributed by atoms with E-state index in [-0.39, 0.29) is 11.1 Å². The Balaban J connectivity index is 2.68. The average molecular weight is 248 g/mol. The summed E-state index contributed by atoms with van der Waals surface area (Å²) in [4.78, 5) is 23.0. The highest BCUT2D eigenvalue weighted by Gasteiger charge is 2.13. The number of aromatic nitrogens is 1. The molecule has 0 aliphatic heterocycles. The van der Waals surface area contributed by atoms with Gasteiger partial charge in [-0.05, 0) is 17.7 Å². The molecule has 0 aliphatic carbocycles. The van der Waals surface area contributed by atoms with Crippen molar-refractivity contribution in [2.45, 2.75) is 0 Å². The van der Waals surface area contributed by atoms with Crippen LogP contribution < -0.4 is 11.2 Å². The number of halogens is 1. The fraction of sp³-hybridized carbons (Fsp3) is 0. The number of amides is 1. The fourth-order valence-electron chi connectivity index (χ4n) is 1.57. The van der Waals surface area contributed by atoms with Crippen molar-refractivity contribution < 1.29 is 14.4 Å². The predicted octanol–water partition coefficient (Wildman–Crippen LogP) is 0.991. The summed E-state index contributed by atoms with van der Waals surface area (Å²) in [5, 5.41) is 9.38. The van der Waals surface area contributed by atoms with Gasteiger partial charge in [0, 0.05) is 5.56 Å². The summed E-state index contributed by atoms with van der Waals surface area (Å²) < 4.78 is 13.4. The minimum atomic E-state index is -0.938. The van der Waals surface area contributed by atoms with Crippen molar-refractivity contribution in [1.82, 2.24) is 4.73 Å². The van der Waals surface area contributed by atoms with E-state index in [4.69, 9.17) is 5.73 Å². The second-order valence-corrected chi connectivity index (χ2v) is 3.67. The molecule has 5 nitrogen and oxygen atoms in total. The van der Waals surface area contributed by atoms with E-state index in [0.29, 0.717) is 10.3 Å². The van der Waals surface area contributed by atoms with Gasteiger partial charge in [-0.2, -0.15) is 0 Å². The third kappa shape index (κ3) is 2.08. The molecule has 1 aromatic carbocycles. The Labute approximate surface area is 101 Å². The molecule has 0 unspecified atom stereocenters. The molecule has 0 radical (unpaired) electrons. The highest BCUT2D eigenvalue weighted by molar-refractivity contribution is 5.93. The van der Waals surface area contributed by atoms with E-state index < -0.39 is 17.2 Å². The number of nitrogens with zero attached hydrogens (tertiary/aromatic N) is 1. The van der Waals surface area contributed by atoms with Crippen LogP contribution in [0.5, 0.6) is 0 Å². The number of carbonyl (C=O) groups is 1. The molecule has 92 valence electrons. The maximum absolute atomic E-state index is 12.8. The normalized spacial score (nSPS) is 10.3. The quantitative estimate of drug-likeness (QED) is 0.777. The van der Waals surface area contributed by atoms with Crippen LogP contribution >= 0.6 is 0 Å². The molecule has 3 N–H and O–H groups in total. The minimum absolute atomic E-state index is 0.0637. The van der Waals surface area contributed by atoms with Gasteiger partial charge in [0.15, 0.2) is 0 Å². The Hall–Kier alpha value is -2.63. The van der Waals surface area contributed by atoms with Gasteiger partial charge in [-0.1, -0.05) is 12.1 Å². The molecular formula is C12H9FN2O3. The van der Waals surface area contributed by atoms with Gasteiger partial charge in [0.1, 0.15) is 11.4 Å². The molecule has 0 spiro atoms. The van der Waals surface area contributed by atoms with Crippen LogP contribution in [-0.4, -0.2) is 15.8 Å². The van der Waals surface area contributed by atoms with Crippen LogP contribution in [0.25, 0.3) is 11.1 Å². The third-order valence-electron chi connectivity index (χ3n) is 2.43. The predicted molar refractivity (Wildman–Crippen MR) is 61.8 cm³/mol. The minimum Gasteiger partial charge on any atom is -0.429 e. The van der Waals surface area contributed by atoms with Gasteiger partial charge in [-0.3, -0.25) is 9.59 Å². The molecule has 0 bridgehead atoms. The molecule has 0 atom stereocenters. The standard InChI is InChI=1S/C12H9FN2O3/c13-8-3-1-7(2-4-8)9-5-15(18)6-10(11(9)16)12(14)17/h1-6,18H,(H2,14,17). The molecule has 1 amide bonds. The zero-order chi connectivity index (χ0) is 13.3. The van der Waals surface area contributed by atoms with Crippen LogP contribution in [0.2, 0.25) is 0 Å². The highest BCUT2D eigenvalue weighted by atomic mass is 19.1. The van der Waals surface area contributed by atoms with Crippen LogP contribution in [0.15, 0.2) is 41.5 Å². The van der Waals surface area contributed by atoms with E-state index in [1.807, 2.05) is 0 Å². The molecule has 0 saturated carbocycles. The van der Waals surface area contributed by atoms with Crippen molar-refractivity contribution in [2.75, 3.05) is 0 Å². The van der Waals surface area contributed by atoms with E-state index in [1.54, 1.807) is 0 Å². The number of rotatable bonds is 2. The Kier molecular flexibility index (Phi) is 2.85. The van der Waals surface area contributed by atoms with Gasteiger partial charge in [0.05, 0.1) is 12.4 Å². The largest absolute Gasteiger partial charge is 0.429 e. The Morgan fingerprint density at radius 3 is 2.39 bits per heavy atom. The van der Waals surface area contributed by atoms with Gasteiger partial charge in [-0.25, -0.2) is 9.12 Å². The van der Waals surface area contributed by atoms with E-state index >= 15 is 0 Å². The second-order valence-electron chi connectivity index (χ2n) is 3.67. The first-order valence-corrected chi connectivity index (χ1v) is 5.00. The van der Waals surface area contributed by atoms with Crippen LogP contribution in [0, 0.1) is 5.82 Å². The number of carbonyl (C=O) groups excluding carboxylic acids is 1. The second kappa shape index (κ2) is 4.33. The topological polar surface area (TPSA) is 85.3 Å². The molecule has 18 heavy (non-hydrogen) atoms. The van der Waals surface area contributed by atoms with Crippen molar-refractivity contribution >= 4 is 5.91 Å². The molecule has 0 aliphatic rings. The summed E-state index contributed by atoms with van der Waals surface area (Å²) in [6, 6.07) is 5.09. The number of hydrogen-bond acceptors (Lipinski definition) is 3. The van der Waals surface area contributed by atoms with Crippen LogP contribution in [0.4, 0.5) is 4.39 Å². The molecule has 0 fully saturated rings. The third-order valence-corrected chi connectivity index (χ3v) is 2.43. The number of hydrogen-bond donors (Lipinski definition) is 2. The summed E-state index contributed by atoms with van der Waals surface area (Å²) in [5.74, 6) is -1.39. The molecule has 1 aromatic heterocycles. The number of nitrogens with two attached hydrogens (primary N) is 1. The van der Waals surface area contributed by atoms with E-state index in [2.05, 4.69) is 0 Å². The zero-order valence-corrected chi connectivity index (χ0v) is 9.13. The zero-order valence-electron chi connectivity index (χ0n) is 9.13. The van der Waals surface area contributed by atoms with Crippen LogP contribution in [0.1, 0.15) is 10.4 Å². The summed E-state index contributed by atoms with van der Waals surface area (Å²) in [6.45, 7) is 0. The summed E-state index contributed by atoms with van der Waals surface area (Å²) >= 11 is 0. The Morgan fingerprint density at radius 2 is 1.83 bits per heavy atom. The lowest BCUT2D eigenvalue weighted by molar-refractivity contribution is 0.0993. The van der Waals surface area contributed by atoms with Crippen molar-refractivity contribution in [2.24, 2.45) is 5.73 Å². The van der Waals surface area contributed by atoms with Gasteiger partial charge in [0.25, 0.3) is 5.91 Å². The molecule has 6 heteroatoms. The first-order chi connectivity index (χ1) is 8.49.